The van der Waals surface area contributed by atoms with Gasteiger partial charge in [-0.3, -0.25) is 8.98 Å². The van der Waals surface area contributed by atoms with Crippen molar-refractivity contribution in [1.29, 1.82) is 0 Å². The molecule has 6 heteroatoms. The van der Waals surface area contributed by atoms with E-state index in [0.717, 1.165) is 0 Å². The van der Waals surface area contributed by atoms with Crippen molar-refractivity contribution in [2.24, 2.45) is 0 Å². The van der Waals surface area contributed by atoms with E-state index < -0.39 is 16.1 Å². The van der Waals surface area contributed by atoms with Gasteiger partial charge in [0.05, 0.1) is 5.75 Å². The number of carbonyl (C=O) groups is 1. The first-order valence-corrected chi connectivity index (χ1v) is 5.06. The Morgan fingerprint density at radius 2 is 1.92 bits per heavy atom. The summed E-state index contributed by atoms with van der Waals surface area (Å²) in [4.78, 5) is 10.2. The maximum atomic E-state index is 10.7. The highest BCUT2D eigenvalue weighted by Gasteiger charge is 2.06. The Labute approximate surface area is 71.8 Å². The minimum atomic E-state index is -3.41. The van der Waals surface area contributed by atoms with E-state index in [1.165, 1.54) is 13.8 Å². The fourth-order valence-electron chi connectivity index (χ4n) is 0.430. The van der Waals surface area contributed by atoms with Gasteiger partial charge in [-0.05, 0) is 6.92 Å². The topological polar surface area (TPSA) is 69.7 Å². The lowest BCUT2D eigenvalue weighted by molar-refractivity contribution is -0.141. The lowest BCUT2D eigenvalue weighted by Crippen LogP contribution is -2.14. The maximum absolute atomic E-state index is 10.7. The van der Waals surface area contributed by atoms with E-state index in [1.807, 2.05) is 0 Å². The van der Waals surface area contributed by atoms with E-state index in [1.54, 1.807) is 0 Å². The molecule has 72 valence electrons. The van der Waals surface area contributed by atoms with E-state index in [0.29, 0.717) is 0 Å². The first-order valence-electron chi connectivity index (χ1n) is 3.48. The molecule has 0 fully saturated rings. The average molecular weight is 196 g/mol. The molecular weight excluding hydrogens is 184 g/mol. The van der Waals surface area contributed by atoms with Crippen LogP contribution in [-0.4, -0.2) is 33.4 Å². The van der Waals surface area contributed by atoms with Gasteiger partial charge in [0.2, 0.25) is 0 Å². The third-order valence-electron chi connectivity index (χ3n) is 1.01. The predicted molar refractivity (Wildman–Crippen MR) is 42.0 cm³/mol. The van der Waals surface area contributed by atoms with Crippen molar-refractivity contribution in [3.8, 4) is 0 Å². The predicted octanol–water partition coefficient (Wildman–Crippen LogP) is -0.0842. The normalized spacial score (nSPS) is 11.2. The molecule has 5 nitrogen and oxygen atoms in total. The van der Waals surface area contributed by atoms with Crippen LogP contribution in [-0.2, 0) is 23.8 Å². The molecule has 0 rings (SSSR count). The summed E-state index contributed by atoms with van der Waals surface area (Å²) in [6.07, 6.45) is 0. The molecule has 0 heterocycles. The fourth-order valence-corrected chi connectivity index (χ4v) is 0.918. The zero-order chi connectivity index (χ0) is 9.61. The van der Waals surface area contributed by atoms with Crippen LogP contribution < -0.4 is 0 Å². The summed E-state index contributed by atoms with van der Waals surface area (Å²) in [6, 6.07) is 0. The first kappa shape index (κ1) is 11.4. The Hall–Kier alpha value is -0.620. The molecule has 0 bridgehead atoms. The van der Waals surface area contributed by atoms with Crippen molar-refractivity contribution in [3.63, 3.8) is 0 Å². The average Bonchev–Trinajstić information content (AvgIpc) is 1.98. The summed E-state index contributed by atoms with van der Waals surface area (Å²) in [7, 11) is -3.41. The quantitative estimate of drug-likeness (QED) is 0.349. The van der Waals surface area contributed by atoms with Gasteiger partial charge in [-0.15, -0.1) is 0 Å². The van der Waals surface area contributed by atoms with Crippen molar-refractivity contribution < 1.29 is 22.1 Å². The largest absolute Gasteiger partial charge is 0.463 e. The van der Waals surface area contributed by atoms with Crippen LogP contribution in [0.4, 0.5) is 0 Å². The number of carbonyl (C=O) groups excluding carboxylic acids is 1. The molecule has 0 amide bonds. The Morgan fingerprint density at radius 3 is 2.33 bits per heavy atom. The molecular formula is C6H12O5S. The van der Waals surface area contributed by atoms with Gasteiger partial charge in [0.1, 0.15) is 13.2 Å². The van der Waals surface area contributed by atoms with Crippen molar-refractivity contribution in [2.45, 2.75) is 13.8 Å². The number of hydrogen-bond acceptors (Lipinski definition) is 5. The Balaban J connectivity index is 3.51. The standard InChI is InChI=1S/C6H12O5S/c1-3-12(8,9)11-5-4-10-6(2)7/h3-5H2,1-2H3. The molecule has 0 aliphatic carbocycles. The molecule has 0 saturated heterocycles. The van der Waals surface area contributed by atoms with Gasteiger partial charge in [0, 0.05) is 6.92 Å². The van der Waals surface area contributed by atoms with Crippen LogP contribution in [0.5, 0.6) is 0 Å². The summed E-state index contributed by atoms with van der Waals surface area (Å²) < 4.78 is 30.2. The Morgan fingerprint density at radius 1 is 1.33 bits per heavy atom. The minimum Gasteiger partial charge on any atom is -0.463 e. The number of hydrogen-bond donors (Lipinski definition) is 0. The molecule has 0 radical (unpaired) electrons. The molecule has 0 saturated carbocycles. The molecule has 0 aliphatic heterocycles. The van der Waals surface area contributed by atoms with Gasteiger partial charge in [-0.2, -0.15) is 8.42 Å². The summed E-state index contributed by atoms with van der Waals surface area (Å²) in [5.74, 6) is -0.528. The van der Waals surface area contributed by atoms with E-state index in [9.17, 15) is 13.2 Å². The van der Waals surface area contributed by atoms with Crippen molar-refractivity contribution in [2.75, 3.05) is 19.0 Å². The third kappa shape index (κ3) is 6.11. The lowest BCUT2D eigenvalue weighted by Gasteiger charge is -2.02. The second kappa shape index (κ2) is 5.10. The van der Waals surface area contributed by atoms with Gasteiger partial charge in [0.25, 0.3) is 10.1 Å². The second-order valence-corrected chi connectivity index (χ2v) is 3.94. The van der Waals surface area contributed by atoms with Crippen molar-refractivity contribution >= 4 is 16.1 Å². The molecule has 0 aromatic heterocycles. The van der Waals surface area contributed by atoms with Crippen LogP contribution in [0, 0.1) is 0 Å². The van der Waals surface area contributed by atoms with Crippen LogP contribution in [0.3, 0.4) is 0 Å². The SMILES string of the molecule is CCS(=O)(=O)OCCOC(C)=O. The summed E-state index contributed by atoms with van der Waals surface area (Å²) in [6.45, 7) is 2.57. The monoisotopic (exact) mass is 196 g/mol. The van der Waals surface area contributed by atoms with E-state index >= 15 is 0 Å². The molecule has 0 N–H and O–H groups in total. The highest BCUT2D eigenvalue weighted by molar-refractivity contribution is 7.86. The third-order valence-corrected chi connectivity index (χ3v) is 2.24. The smallest absolute Gasteiger partial charge is 0.302 e. The van der Waals surface area contributed by atoms with E-state index in [4.69, 9.17) is 0 Å². The lowest BCUT2D eigenvalue weighted by atomic mass is 10.7. The van der Waals surface area contributed by atoms with E-state index in [2.05, 4.69) is 8.92 Å². The van der Waals surface area contributed by atoms with Gasteiger partial charge < -0.3 is 4.74 Å². The number of esters is 1. The summed E-state index contributed by atoms with van der Waals surface area (Å²) in [5.41, 5.74) is 0. The van der Waals surface area contributed by atoms with Gasteiger partial charge in [-0.25, -0.2) is 0 Å². The zero-order valence-corrected chi connectivity index (χ0v) is 7.89. The molecule has 0 aliphatic rings. The van der Waals surface area contributed by atoms with Crippen LogP contribution in [0.15, 0.2) is 0 Å². The molecule has 0 unspecified atom stereocenters. The molecule has 0 aromatic carbocycles. The highest BCUT2D eigenvalue weighted by Crippen LogP contribution is 1.91. The van der Waals surface area contributed by atoms with Gasteiger partial charge in [0.15, 0.2) is 0 Å². The van der Waals surface area contributed by atoms with Crippen molar-refractivity contribution in [3.05, 3.63) is 0 Å². The number of ether oxygens (including phenoxy) is 1. The zero-order valence-electron chi connectivity index (χ0n) is 7.07. The summed E-state index contributed by atoms with van der Waals surface area (Å²) in [5, 5.41) is 0. The van der Waals surface area contributed by atoms with Crippen molar-refractivity contribution in [1.82, 2.24) is 0 Å². The second-order valence-electron chi connectivity index (χ2n) is 2.01. The van der Waals surface area contributed by atoms with Crippen LogP contribution >= 0.6 is 0 Å². The van der Waals surface area contributed by atoms with E-state index in [-0.39, 0.29) is 19.0 Å². The fraction of sp³-hybridized carbons (Fsp3) is 0.833. The highest BCUT2D eigenvalue weighted by atomic mass is 32.2. The van der Waals surface area contributed by atoms with Gasteiger partial charge in [-0.1, -0.05) is 0 Å². The Bertz CT molecular complexity index is 230. The maximum Gasteiger partial charge on any atom is 0.302 e. The first-order chi connectivity index (χ1) is 5.48. The van der Waals surface area contributed by atoms with Crippen LogP contribution in [0.1, 0.15) is 13.8 Å². The van der Waals surface area contributed by atoms with Gasteiger partial charge >= 0.3 is 5.97 Å². The van der Waals surface area contributed by atoms with Crippen LogP contribution in [0.25, 0.3) is 0 Å². The minimum absolute atomic E-state index is 0.0332. The number of rotatable bonds is 5. The molecule has 0 atom stereocenters. The molecule has 0 spiro atoms. The molecule has 12 heavy (non-hydrogen) atoms. The molecule has 0 aromatic rings. The Kier molecular flexibility index (Phi) is 4.84. The summed E-state index contributed by atoms with van der Waals surface area (Å²) >= 11 is 0. The van der Waals surface area contributed by atoms with Crippen LogP contribution in [0.2, 0.25) is 0 Å².